The maximum absolute atomic E-state index is 14.8. The molecule has 2 aliphatic heterocycles. The van der Waals surface area contributed by atoms with Crippen LogP contribution in [0.25, 0.3) is 0 Å². The molecule has 7 nitrogen and oxygen atoms in total. The average molecular weight is 439 g/mol. The van der Waals surface area contributed by atoms with E-state index in [1.54, 1.807) is 12.1 Å². The molecule has 0 spiro atoms. The minimum absolute atomic E-state index is 0.0230. The van der Waals surface area contributed by atoms with Crippen LogP contribution in [-0.2, 0) is 0 Å². The fourth-order valence-electron chi connectivity index (χ4n) is 4.44. The molecule has 0 saturated heterocycles. The highest BCUT2D eigenvalue weighted by molar-refractivity contribution is 5.96. The zero-order chi connectivity index (χ0) is 22.6. The van der Waals surface area contributed by atoms with Gasteiger partial charge in [0.05, 0.1) is 6.61 Å². The Morgan fingerprint density at radius 1 is 1.06 bits per heavy atom. The fourth-order valence-corrected chi connectivity index (χ4v) is 4.44. The molecule has 9 heteroatoms. The van der Waals surface area contributed by atoms with Crippen molar-refractivity contribution >= 4 is 5.91 Å². The summed E-state index contributed by atoms with van der Waals surface area (Å²) in [5.74, 6) is -3.52. The highest BCUT2D eigenvalue weighted by Gasteiger charge is 2.43. The number of ether oxygens (including phenoxy) is 1. The molecule has 5 rings (SSSR count). The van der Waals surface area contributed by atoms with Crippen molar-refractivity contribution < 1.29 is 23.4 Å². The highest BCUT2D eigenvalue weighted by Crippen LogP contribution is 2.41. The van der Waals surface area contributed by atoms with Gasteiger partial charge in [-0.2, -0.15) is 4.39 Å². The van der Waals surface area contributed by atoms with E-state index in [4.69, 9.17) is 4.74 Å². The Labute approximate surface area is 181 Å². The van der Waals surface area contributed by atoms with Crippen LogP contribution in [0.1, 0.15) is 34.1 Å². The van der Waals surface area contributed by atoms with Gasteiger partial charge in [0.2, 0.25) is 11.2 Å². The van der Waals surface area contributed by atoms with Crippen molar-refractivity contribution in [1.82, 2.24) is 9.58 Å². The topological polar surface area (TPSA) is 75.0 Å². The van der Waals surface area contributed by atoms with E-state index in [9.17, 15) is 23.5 Å². The zero-order valence-electron chi connectivity index (χ0n) is 17.0. The van der Waals surface area contributed by atoms with E-state index in [1.807, 2.05) is 30.3 Å². The first-order valence-electron chi connectivity index (χ1n) is 10.1. The number of hydrogen-bond donors (Lipinski definition) is 1. The standard InChI is InChI=1S/C23H19F2N3O4/c1-26-17-10-12-32-22-14(7-8-15(24)18(22)25)19(13-5-3-2-4-6-13)28(17)27-11-9-16(29)21(30)20(27)23(26)31/h2-9,11,17,19,30H,10,12H2,1H3/t17-,19+/m1/s1. The first kappa shape index (κ1) is 20.0. The zero-order valence-corrected chi connectivity index (χ0v) is 17.0. The lowest BCUT2D eigenvalue weighted by molar-refractivity contribution is 0.0571. The average Bonchev–Trinajstić information content (AvgIpc) is 2.78. The maximum Gasteiger partial charge on any atom is 0.277 e. The van der Waals surface area contributed by atoms with Crippen LogP contribution in [0.4, 0.5) is 8.78 Å². The van der Waals surface area contributed by atoms with Gasteiger partial charge < -0.3 is 14.7 Å². The van der Waals surface area contributed by atoms with Crippen LogP contribution in [0, 0.1) is 11.6 Å². The van der Waals surface area contributed by atoms with E-state index >= 15 is 0 Å². The molecule has 32 heavy (non-hydrogen) atoms. The molecule has 3 aromatic rings. The maximum atomic E-state index is 14.8. The van der Waals surface area contributed by atoms with Crippen molar-refractivity contribution in [3.05, 3.63) is 93.4 Å². The molecule has 3 heterocycles. The quantitative estimate of drug-likeness (QED) is 0.631. The molecule has 2 atom stereocenters. The third kappa shape index (κ3) is 2.84. The van der Waals surface area contributed by atoms with Crippen molar-refractivity contribution in [2.24, 2.45) is 0 Å². The molecule has 1 N–H and O–H groups in total. The lowest BCUT2D eigenvalue weighted by atomic mass is 9.94. The van der Waals surface area contributed by atoms with Gasteiger partial charge in [0.1, 0.15) is 12.2 Å². The third-order valence-corrected chi connectivity index (χ3v) is 5.96. The Kier molecular flexibility index (Phi) is 4.61. The lowest BCUT2D eigenvalue weighted by Gasteiger charge is -2.49. The first-order chi connectivity index (χ1) is 15.4. The van der Waals surface area contributed by atoms with E-state index in [1.165, 1.54) is 21.8 Å². The van der Waals surface area contributed by atoms with Gasteiger partial charge in [0.15, 0.2) is 23.0 Å². The van der Waals surface area contributed by atoms with Crippen LogP contribution < -0.4 is 15.2 Å². The Morgan fingerprint density at radius 3 is 2.56 bits per heavy atom. The number of amides is 1. The summed E-state index contributed by atoms with van der Waals surface area (Å²) in [6, 6.07) is 12.0. The number of rotatable bonds is 1. The SMILES string of the molecule is CN1C(=O)c2c(O)c(=O)ccn2N2[C@@H](c3ccccc3)c3ccc(F)c(F)c3OCC[C@H]12. The molecule has 0 radical (unpaired) electrons. The summed E-state index contributed by atoms with van der Waals surface area (Å²) in [4.78, 5) is 26.6. The molecule has 0 saturated carbocycles. The van der Waals surface area contributed by atoms with Crippen molar-refractivity contribution in [1.29, 1.82) is 0 Å². The smallest absolute Gasteiger partial charge is 0.277 e. The minimum atomic E-state index is -1.09. The molecule has 1 amide bonds. The number of carbonyl (C=O) groups excluding carboxylic acids is 1. The summed E-state index contributed by atoms with van der Waals surface area (Å²) in [6.45, 7) is 0.0230. The van der Waals surface area contributed by atoms with Crippen LogP contribution in [0.2, 0.25) is 0 Å². The van der Waals surface area contributed by atoms with Crippen molar-refractivity contribution in [2.75, 3.05) is 18.7 Å². The molecule has 2 aliphatic rings. The Hall–Kier alpha value is -3.88. The van der Waals surface area contributed by atoms with Crippen molar-refractivity contribution in [3.63, 3.8) is 0 Å². The van der Waals surface area contributed by atoms with Gasteiger partial charge in [0, 0.05) is 31.3 Å². The number of benzene rings is 2. The summed E-state index contributed by atoms with van der Waals surface area (Å²) >= 11 is 0. The molecule has 0 unspecified atom stereocenters. The largest absolute Gasteiger partial charge is 0.502 e. The summed E-state index contributed by atoms with van der Waals surface area (Å²) in [7, 11) is 1.57. The number of aromatic nitrogens is 1. The van der Waals surface area contributed by atoms with Crippen LogP contribution in [0.15, 0.2) is 59.5 Å². The number of carbonyl (C=O) groups is 1. The fraction of sp³-hybridized carbons (Fsp3) is 0.217. The van der Waals surface area contributed by atoms with Crippen LogP contribution in [0.3, 0.4) is 0 Å². The van der Waals surface area contributed by atoms with Gasteiger partial charge in [-0.1, -0.05) is 30.3 Å². The van der Waals surface area contributed by atoms with Gasteiger partial charge in [0.25, 0.3) is 5.91 Å². The molecule has 0 bridgehead atoms. The summed E-state index contributed by atoms with van der Waals surface area (Å²) in [5.41, 5.74) is 0.202. The number of halogens is 2. The molecular weight excluding hydrogens is 420 g/mol. The van der Waals surface area contributed by atoms with Gasteiger partial charge in [-0.3, -0.25) is 19.3 Å². The monoisotopic (exact) mass is 439 g/mol. The van der Waals surface area contributed by atoms with Crippen LogP contribution in [-0.4, -0.2) is 40.4 Å². The summed E-state index contributed by atoms with van der Waals surface area (Å²) < 4.78 is 35.9. The van der Waals surface area contributed by atoms with E-state index in [-0.39, 0.29) is 24.5 Å². The molecular formula is C23H19F2N3O4. The van der Waals surface area contributed by atoms with Gasteiger partial charge in [-0.15, -0.1) is 0 Å². The van der Waals surface area contributed by atoms with Crippen LogP contribution >= 0.6 is 0 Å². The predicted octanol–water partition coefficient (Wildman–Crippen LogP) is 2.75. The van der Waals surface area contributed by atoms with Crippen molar-refractivity contribution in [3.8, 4) is 11.5 Å². The third-order valence-electron chi connectivity index (χ3n) is 5.96. The van der Waals surface area contributed by atoms with E-state index < -0.39 is 40.9 Å². The Morgan fingerprint density at radius 2 is 1.81 bits per heavy atom. The van der Waals surface area contributed by atoms with E-state index in [0.717, 1.165) is 17.7 Å². The number of hydrogen-bond acceptors (Lipinski definition) is 5. The molecule has 0 aliphatic carbocycles. The normalized spacial score (nSPS) is 19.9. The molecule has 1 aromatic heterocycles. The van der Waals surface area contributed by atoms with Gasteiger partial charge >= 0.3 is 0 Å². The summed E-state index contributed by atoms with van der Waals surface area (Å²) in [5, 5.41) is 12.2. The van der Waals surface area contributed by atoms with E-state index in [0.29, 0.717) is 5.56 Å². The lowest BCUT2D eigenvalue weighted by Crippen LogP contribution is -2.62. The van der Waals surface area contributed by atoms with Gasteiger partial charge in [-0.05, 0) is 17.7 Å². The van der Waals surface area contributed by atoms with Crippen LogP contribution in [0.5, 0.6) is 11.5 Å². The number of aromatic hydroxyl groups is 1. The number of nitrogens with zero attached hydrogens (tertiary/aromatic N) is 3. The first-order valence-corrected chi connectivity index (χ1v) is 10.1. The molecule has 0 fully saturated rings. The predicted molar refractivity (Wildman–Crippen MR) is 111 cm³/mol. The van der Waals surface area contributed by atoms with E-state index in [2.05, 4.69) is 0 Å². The second-order valence-electron chi connectivity index (χ2n) is 7.73. The van der Waals surface area contributed by atoms with Crippen molar-refractivity contribution in [2.45, 2.75) is 18.6 Å². The summed E-state index contributed by atoms with van der Waals surface area (Å²) in [6.07, 6.45) is 1.13. The second-order valence-corrected chi connectivity index (χ2v) is 7.73. The highest BCUT2D eigenvalue weighted by atomic mass is 19.2. The number of pyridine rings is 1. The minimum Gasteiger partial charge on any atom is -0.502 e. The Balaban J connectivity index is 1.85. The second kappa shape index (κ2) is 7.37. The molecule has 164 valence electrons. The molecule has 2 aromatic carbocycles. The Bertz CT molecular complexity index is 1280. The number of fused-ring (bicyclic) bond motifs is 4. The van der Waals surface area contributed by atoms with Gasteiger partial charge in [-0.25, -0.2) is 4.39 Å².